The van der Waals surface area contributed by atoms with Gasteiger partial charge >= 0.3 is 0 Å². The van der Waals surface area contributed by atoms with Crippen molar-refractivity contribution in [2.24, 2.45) is 11.7 Å². The van der Waals surface area contributed by atoms with Gasteiger partial charge in [0.05, 0.1) is 12.1 Å². The highest BCUT2D eigenvalue weighted by Crippen LogP contribution is 2.33. The average Bonchev–Trinajstić information content (AvgIpc) is 2.69. The van der Waals surface area contributed by atoms with Crippen LogP contribution >= 0.6 is 15.9 Å². The third-order valence-corrected chi connectivity index (χ3v) is 4.56. The lowest BCUT2D eigenvalue weighted by molar-refractivity contribution is 0.0723. The number of halogens is 1. The summed E-state index contributed by atoms with van der Waals surface area (Å²) in [7, 11) is 0. The summed E-state index contributed by atoms with van der Waals surface area (Å²) in [5.41, 5.74) is 10.0. The van der Waals surface area contributed by atoms with E-state index in [9.17, 15) is 0 Å². The average molecular weight is 298 g/mol. The van der Waals surface area contributed by atoms with Crippen LogP contribution in [0.4, 0.5) is 0 Å². The quantitative estimate of drug-likeness (QED) is 0.907. The molecule has 1 aromatic rings. The molecule has 1 fully saturated rings. The summed E-state index contributed by atoms with van der Waals surface area (Å²) in [4.78, 5) is 0. The molecule has 0 bridgehead atoms. The van der Waals surface area contributed by atoms with Gasteiger partial charge in [-0.25, -0.2) is 0 Å². The summed E-state index contributed by atoms with van der Waals surface area (Å²) in [5, 5.41) is 0. The first-order valence-electron chi connectivity index (χ1n) is 6.14. The van der Waals surface area contributed by atoms with Crippen LogP contribution in [-0.4, -0.2) is 12.7 Å². The highest BCUT2D eigenvalue weighted by atomic mass is 79.9. The second kappa shape index (κ2) is 5.09. The van der Waals surface area contributed by atoms with Crippen molar-refractivity contribution in [3.63, 3.8) is 0 Å². The largest absolute Gasteiger partial charge is 0.376 e. The van der Waals surface area contributed by atoms with Gasteiger partial charge in [0.2, 0.25) is 0 Å². The first-order valence-corrected chi connectivity index (χ1v) is 6.94. The molecule has 17 heavy (non-hydrogen) atoms. The summed E-state index contributed by atoms with van der Waals surface area (Å²) < 4.78 is 6.91. The fourth-order valence-corrected chi connectivity index (χ4v) is 2.97. The van der Waals surface area contributed by atoms with Crippen LogP contribution in [0.1, 0.15) is 36.1 Å². The van der Waals surface area contributed by atoms with E-state index in [0.717, 1.165) is 17.5 Å². The van der Waals surface area contributed by atoms with Crippen LogP contribution in [0, 0.1) is 19.8 Å². The van der Waals surface area contributed by atoms with E-state index >= 15 is 0 Å². The predicted molar refractivity (Wildman–Crippen MR) is 74.1 cm³/mol. The van der Waals surface area contributed by atoms with E-state index in [1.54, 1.807) is 0 Å². The molecule has 0 aliphatic carbocycles. The highest BCUT2D eigenvalue weighted by molar-refractivity contribution is 9.10. The number of nitrogens with two attached hydrogens (primary N) is 1. The number of hydrogen-bond donors (Lipinski definition) is 1. The van der Waals surface area contributed by atoms with Gasteiger partial charge in [-0.1, -0.05) is 28.9 Å². The Labute approximate surface area is 112 Å². The minimum Gasteiger partial charge on any atom is -0.376 e. The molecule has 0 radical (unpaired) electrons. The topological polar surface area (TPSA) is 35.2 Å². The van der Waals surface area contributed by atoms with Crippen molar-refractivity contribution in [2.75, 3.05) is 6.61 Å². The molecule has 1 aliphatic rings. The monoisotopic (exact) mass is 297 g/mol. The summed E-state index contributed by atoms with van der Waals surface area (Å²) in [6.07, 6.45) is 1.28. The zero-order chi connectivity index (χ0) is 12.6. The second-order valence-electron chi connectivity index (χ2n) is 5.09. The van der Waals surface area contributed by atoms with Gasteiger partial charge in [0.15, 0.2) is 0 Å². The molecule has 3 atom stereocenters. The van der Waals surface area contributed by atoms with E-state index in [2.05, 4.69) is 48.8 Å². The lowest BCUT2D eigenvalue weighted by Crippen LogP contribution is -2.30. The van der Waals surface area contributed by atoms with Gasteiger partial charge in [0, 0.05) is 11.1 Å². The Bertz CT molecular complexity index is 419. The molecule has 3 heteroatoms. The van der Waals surface area contributed by atoms with Gasteiger partial charge in [-0.15, -0.1) is 0 Å². The molecule has 2 rings (SSSR count). The molecule has 1 heterocycles. The number of hydrogen-bond acceptors (Lipinski definition) is 2. The summed E-state index contributed by atoms with van der Waals surface area (Å²) in [6, 6.07) is 4.31. The van der Waals surface area contributed by atoms with E-state index < -0.39 is 0 Å². The SMILES string of the molecule is Cc1cc(C(N)C2OCCC2C)c(C)cc1Br. The van der Waals surface area contributed by atoms with Crippen LogP contribution in [0.25, 0.3) is 0 Å². The molecule has 1 saturated heterocycles. The maximum absolute atomic E-state index is 6.37. The van der Waals surface area contributed by atoms with Crippen molar-refractivity contribution >= 4 is 15.9 Å². The van der Waals surface area contributed by atoms with E-state index in [4.69, 9.17) is 10.5 Å². The molecular formula is C14H20BrNO. The maximum atomic E-state index is 6.37. The van der Waals surface area contributed by atoms with Gasteiger partial charge in [0.1, 0.15) is 0 Å². The lowest BCUT2D eigenvalue weighted by atomic mass is 9.90. The van der Waals surface area contributed by atoms with Crippen molar-refractivity contribution in [2.45, 2.75) is 39.3 Å². The number of ether oxygens (including phenoxy) is 1. The van der Waals surface area contributed by atoms with Crippen LogP contribution in [0.2, 0.25) is 0 Å². The van der Waals surface area contributed by atoms with Crippen LogP contribution in [0.3, 0.4) is 0 Å². The predicted octanol–water partition coefficient (Wildman–Crippen LogP) is 3.49. The fourth-order valence-electron chi connectivity index (χ4n) is 2.52. The molecule has 0 aromatic heterocycles. The Balaban J connectivity index is 2.30. The van der Waals surface area contributed by atoms with Crippen LogP contribution in [-0.2, 0) is 4.74 Å². The van der Waals surface area contributed by atoms with Gasteiger partial charge in [-0.05, 0) is 48.9 Å². The van der Waals surface area contributed by atoms with Crippen molar-refractivity contribution in [3.05, 3.63) is 33.3 Å². The summed E-state index contributed by atoms with van der Waals surface area (Å²) in [6.45, 7) is 7.27. The number of rotatable bonds is 2. The van der Waals surface area contributed by atoms with Gasteiger partial charge < -0.3 is 10.5 Å². The molecule has 94 valence electrons. The van der Waals surface area contributed by atoms with Gasteiger partial charge in [-0.2, -0.15) is 0 Å². The lowest BCUT2D eigenvalue weighted by Gasteiger charge is -2.24. The standard InChI is InChI=1S/C14H20BrNO/c1-8-4-5-17-14(8)13(16)11-6-10(3)12(15)7-9(11)2/h6-8,13-14H,4-5,16H2,1-3H3. The van der Waals surface area contributed by atoms with Crippen LogP contribution in [0.5, 0.6) is 0 Å². The molecule has 1 aromatic carbocycles. The molecule has 0 saturated carbocycles. The third kappa shape index (κ3) is 2.56. The first kappa shape index (κ1) is 13.1. The Hall–Kier alpha value is -0.380. The van der Waals surface area contributed by atoms with Crippen LogP contribution < -0.4 is 5.73 Å². The molecule has 2 N–H and O–H groups in total. The fraction of sp³-hybridized carbons (Fsp3) is 0.571. The van der Waals surface area contributed by atoms with Crippen molar-refractivity contribution < 1.29 is 4.74 Å². The van der Waals surface area contributed by atoms with E-state index in [0.29, 0.717) is 5.92 Å². The van der Waals surface area contributed by atoms with Crippen molar-refractivity contribution in [1.29, 1.82) is 0 Å². The first-order chi connectivity index (χ1) is 8.00. The number of benzene rings is 1. The Morgan fingerprint density at radius 2 is 2.06 bits per heavy atom. The zero-order valence-electron chi connectivity index (χ0n) is 10.7. The van der Waals surface area contributed by atoms with Gasteiger partial charge in [-0.3, -0.25) is 0 Å². The molecule has 0 spiro atoms. The Morgan fingerprint density at radius 3 is 2.65 bits per heavy atom. The number of aryl methyl sites for hydroxylation is 2. The normalized spacial score (nSPS) is 26.2. The maximum Gasteiger partial charge on any atom is 0.0793 e. The summed E-state index contributed by atoms with van der Waals surface area (Å²) in [5.74, 6) is 0.549. The van der Waals surface area contributed by atoms with Crippen molar-refractivity contribution in [1.82, 2.24) is 0 Å². The molecule has 3 unspecified atom stereocenters. The molecule has 1 aliphatic heterocycles. The minimum atomic E-state index is -0.0145. The van der Waals surface area contributed by atoms with Crippen molar-refractivity contribution in [3.8, 4) is 0 Å². The molecular weight excluding hydrogens is 278 g/mol. The van der Waals surface area contributed by atoms with E-state index in [1.807, 2.05) is 0 Å². The minimum absolute atomic E-state index is 0.0145. The third-order valence-electron chi connectivity index (χ3n) is 3.70. The molecule has 0 amide bonds. The Kier molecular flexibility index (Phi) is 3.91. The second-order valence-corrected chi connectivity index (χ2v) is 5.94. The smallest absolute Gasteiger partial charge is 0.0793 e. The van der Waals surface area contributed by atoms with Crippen LogP contribution in [0.15, 0.2) is 16.6 Å². The van der Waals surface area contributed by atoms with E-state index in [-0.39, 0.29) is 12.1 Å². The zero-order valence-corrected chi connectivity index (χ0v) is 12.3. The van der Waals surface area contributed by atoms with E-state index in [1.165, 1.54) is 16.7 Å². The summed E-state index contributed by atoms with van der Waals surface area (Å²) >= 11 is 3.55. The Morgan fingerprint density at radius 1 is 1.35 bits per heavy atom. The van der Waals surface area contributed by atoms with Gasteiger partial charge in [0.25, 0.3) is 0 Å². The highest BCUT2D eigenvalue weighted by Gasteiger charge is 2.31. The molecule has 2 nitrogen and oxygen atoms in total.